The lowest BCUT2D eigenvalue weighted by Gasteiger charge is -2.26. The largest absolute Gasteiger partial charge is 0.491 e. The Labute approximate surface area is 139 Å². The van der Waals surface area contributed by atoms with Crippen LogP contribution in [0.2, 0.25) is 0 Å². The topological polar surface area (TPSA) is 56.5 Å². The van der Waals surface area contributed by atoms with E-state index in [1.54, 1.807) is 0 Å². The zero-order valence-corrected chi connectivity index (χ0v) is 14.0. The fourth-order valence-corrected chi connectivity index (χ4v) is 3.45. The highest BCUT2D eigenvalue weighted by Gasteiger charge is 2.18. The van der Waals surface area contributed by atoms with Crippen molar-refractivity contribution in [1.29, 1.82) is 0 Å². The third-order valence-electron chi connectivity index (χ3n) is 5.05. The van der Waals surface area contributed by atoms with Crippen molar-refractivity contribution in [1.82, 2.24) is 0 Å². The molecule has 0 radical (unpaired) electrons. The van der Waals surface area contributed by atoms with E-state index in [4.69, 9.17) is 15.2 Å². The van der Waals surface area contributed by atoms with Crippen LogP contribution in [0.4, 0.5) is 5.69 Å². The van der Waals surface area contributed by atoms with Gasteiger partial charge in [0, 0.05) is 24.9 Å². The Morgan fingerprint density at radius 1 is 1.04 bits per heavy atom. The summed E-state index contributed by atoms with van der Waals surface area (Å²) in [6.07, 6.45) is 8.65. The molecule has 1 heterocycles. The lowest BCUT2D eigenvalue weighted by atomic mass is 9.86. The third-order valence-corrected chi connectivity index (χ3v) is 5.05. The quantitative estimate of drug-likeness (QED) is 0.842. The smallest absolute Gasteiger partial charge is 0.119 e. The number of nitrogens with one attached hydrogen (secondary N) is 1. The average Bonchev–Trinajstić information content (AvgIpc) is 2.61. The Hall–Kier alpha value is -1.26. The predicted molar refractivity (Wildman–Crippen MR) is 94.0 cm³/mol. The van der Waals surface area contributed by atoms with Crippen LogP contribution in [0.1, 0.15) is 44.9 Å². The minimum Gasteiger partial charge on any atom is -0.491 e. The molecule has 23 heavy (non-hydrogen) atoms. The van der Waals surface area contributed by atoms with Gasteiger partial charge in [-0.25, -0.2) is 0 Å². The normalized spacial score (nSPS) is 28.3. The van der Waals surface area contributed by atoms with Gasteiger partial charge in [-0.1, -0.05) is 0 Å². The zero-order chi connectivity index (χ0) is 15.9. The number of rotatable bonds is 6. The van der Waals surface area contributed by atoms with Crippen molar-refractivity contribution in [3.05, 3.63) is 24.3 Å². The van der Waals surface area contributed by atoms with Gasteiger partial charge in [0.25, 0.3) is 0 Å². The van der Waals surface area contributed by atoms with E-state index in [0.29, 0.717) is 12.6 Å². The molecule has 3 rings (SSSR count). The highest BCUT2D eigenvalue weighted by atomic mass is 16.5. The Morgan fingerprint density at radius 3 is 2.52 bits per heavy atom. The van der Waals surface area contributed by atoms with Crippen LogP contribution < -0.4 is 15.8 Å². The van der Waals surface area contributed by atoms with Crippen LogP contribution in [0, 0.1) is 5.92 Å². The van der Waals surface area contributed by atoms with Crippen molar-refractivity contribution in [2.45, 2.75) is 57.1 Å². The molecule has 1 aromatic carbocycles. The highest BCUT2D eigenvalue weighted by Crippen LogP contribution is 2.24. The van der Waals surface area contributed by atoms with Gasteiger partial charge in [-0.15, -0.1) is 0 Å². The summed E-state index contributed by atoms with van der Waals surface area (Å²) in [6.45, 7) is 2.58. The number of anilines is 1. The molecule has 1 atom stereocenters. The number of hydrogen-bond donors (Lipinski definition) is 2. The first-order valence-electron chi connectivity index (χ1n) is 9.13. The Morgan fingerprint density at radius 2 is 1.83 bits per heavy atom. The Balaban J connectivity index is 1.38. The van der Waals surface area contributed by atoms with Crippen LogP contribution in [0.25, 0.3) is 0 Å². The van der Waals surface area contributed by atoms with E-state index < -0.39 is 0 Å². The lowest BCUT2D eigenvalue weighted by Crippen LogP contribution is -2.29. The second kappa shape index (κ2) is 8.55. The number of ether oxygens (including phenoxy) is 2. The van der Waals surface area contributed by atoms with E-state index in [1.807, 2.05) is 12.1 Å². The van der Waals surface area contributed by atoms with Crippen LogP contribution in [-0.4, -0.2) is 31.9 Å². The summed E-state index contributed by atoms with van der Waals surface area (Å²) < 4.78 is 11.5. The van der Waals surface area contributed by atoms with Gasteiger partial charge in [0.2, 0.25) is 0 Å². The summed E-state index contributed by atoms with van der Waals surface area (Å²) in [5.41, 5.74) is 7.13. The minimum absolute atomic E-state index is 0.263. The first-order chi connectivity index (χ1) is 11.3. The van der Waals surface area contributed by atoms with Gasteiger partial charge in [-0.3, -0.25) is 0 Å². The number of benzene rings is 1. The van der Waals surface area contributed by atoms with E-state index in [0.717, 1.165) is 31.2 Å². The molecule has 0 bridgehead atoms. The zero-order valence-electron chi connectivity index (χ0n) is 14.0. The SMILES string of the molecule is N[C@H]1CC[C@H](CNc2ccc(OCC3CCCCO3)cc2)CC1. The standard InChI is InChI=1S/C19H30N2O2/c20-16-6-4-15(5-7-16)13-21-17-8-10-18(11-9-17)23-14-19-3-1-2-12-22-19/h8-11,15-16,19,21H,1-7,12-14,20H2/t15-,16-,19?. The summed E-state index contributed by atoms with van der Waals surface area (Å²) >= 11 is 0. The van der Waals surface area contributed by atoms with Crippen molar-refractivity contribution in [2.75, 3.05) is 25.1 Å². The fraction of sp³-hybridized carbons (Fsp3) is 0.684. The summed E-state index contributed by atoms with van der Waals surface area (Å²) in [5.74, 6) is 1.68. The van der Waals surface area contributed by atoms with Crippen molar-refractivity contribution >= 4 is 5.69 Å². The van der Waals surface area contributed by atoms with Crippen molar-refractivity contribution in [3.63, 3.8) is 0 Å². The number of nitrogens with two attached hydrogens (primary N) is 1. The van der Waals surface area contributed by atoms with E-state index in [1.165, 1.54) is 44.2 Å². The van der Waals surface area contributed by atoms with Crippen molar-refractivity contribution in [3.8, 4) is 5.75 Å². The van der Waals surface area contributed by atoms with Gasteiger partial charge in [0.15, 0.2) is 0 Å². The van der Waals surface area contributed by atoms with Gasteiger partial charge in [0.1, 0.15) is 12.4 Å². The second-order valence-corrected chi connectivity index (χ2v) is 6.99. The molecule has 1 aliphatic heterocycles. The summed E-state index contributed by atoms with van der Waals surface area (Å²) in [4.78, 5) is 0. The molecule has 2 fully saturated rings. The fourth-order valence-electron chi connectivity index (χ4n) is 3.45. The Bertz CT molecular complexity index is 449. The van der Waals surface area contributed by atoms with E-state index in [2.05, 4.69) is 17.4 Å². The van der Waals surface area contributed by atoms with Crippen LogP contribution in [0.3, 0.4) is 0 Å². The molecule has 128 valence electrons. The molecule has 1 aliphatic carbocycles. The maximum Gasteiger partial charge on any atom is 0.119 e. The molecular weight excluding hydrogens is 288 g/mol. The van der Waals surface area contributed by atoms with Crippen LogP contribution in [-0.2, 0) is 4.74 Å². The first-order valence-corrected chi connectivity index (χ1v) is 9.13. The molecule has 4 nitrogen and oxygen atoms in total. The average molecular weight is 318 g/mol. The molecule has 1 unspecified atom stereocenters. The molecule has 0 aromatic heterocycles. The van der Waals surface area contributed by atoms with Gasteiger partial charge in [-0.2, -0.15) is 0 Å². The summed E-state index contributed by atoms with van der Waals surface area (Å²) in [7, 11) is 0. The summed E-state index contributed by atoms with van der Waals surface area (Å²) in [5, 5.41) is 3.54. The van der Waals surface area contributed by atoms with Crippen molar-refractivity contribution < 1.29 is 9.47 Å². The molecule has 0 spiro atoms. The van der Waals surface area contributed by atoms with Gasteiger partial charge < -0.3 is 20.5 Å². The molecule has 2 aliphatic rings. The third kappa shape index (κ3) is 5.40. The molecule has 1 aromatic rings. The second-order valence-electron chi connectivity index (χ2n) is 6.99. The van der Waals surface area contributed by atoms with Gasteiger partial charge in [0.05, 0.1) is 6.10 Å². The van der Waals surface area contributed by atoms with Gasteiger partial charge in [-0.05, 0) is 75.1 Å². The molecular formula is C19H30N2O2. The predicted octanol–water partition coefficient (Wildman–Crippen LogP) is 3.56. The van der Waals surface area contributed by atoms with Crippen LogP contribution >= 0.6 is 0 Å². The minimum atomic E-state index is 0.263. The van der Waals surface area contributed by atoms with E-state index in [-0.39, 0.29) is 6.10 Å². The summed E-state index contributed by atoms with van der Waals surface area (Å²) in [6, 6.07) is 8.72. The molecule has 1 saturated heterocycles. The number of hydrogen-bond acceptors (Lipinski definition) is 4. The molecule has 0 amide bonds. The first kappa shape index (κ1) is 16.6. The van der Waals surface area contributed by atoms with Gasteiger partial charge >= 0.3 is 0 Å². The molecule has 1 saturated carbocycles. The highest BCUT2D eigenvalue weighted by molar-refractivity contribution is 5.46. The maximum absolute atomic E-state index is 5.96. The van der Waals surface area contributed by atoms with E-state index >= 15 is 0 Å². The van der Waals surface area contributed by atoms with Crippen LogP contribution in [0.5, 0.6) is 5.75 Å². The molecule has 3 N–H and O–H groups in total. The Kier molecular flexibility index (Phi) is 6.17. The van der Waals surface area contributed by atoms with Crippen molar-refractivity contribution in [2.24, 2.45) is 11.7 Å². The van der Waals surface area contributed by atoms with E-state index in [9.17, 15) is 0 Å². The monoisotopic (exact) mass is 318 g/mol. The molecule has 4 heteroatoms. The maximum atomic E-state index is 5.96. The van der Waals surface area contributed by atoms with Crippen LogP contribution in [0.15, 0.2) is 24.3 Å². The lowest BCUT2D eigenvalue weighted by molar-refractivity contribution is -0.0110.